The average molecular weight is 305 g/mol. The van der Waals surface area contributed by atoms with E-state index >= 15 is 0 Å². The van der Waals surface area contributed by atoms with Gasteiger partial charge in [-0.15, -0.1) is 0 Å². The molecule has 1 aromatic heterocycles. The summed E-state index contributed by atoms with van der Waals surface area (Å²) in [5, 5.41) is 3.70. The normalized spacial score (nSPS) is 17.3. The first-order chi connectivity index (χ1) is 9.05. The molecule has 0 spiro atoms. The number of nitrogens with zero attached hydrogens (tertiary/aromatic N) is 2. The maximum atomic E-state index is 11.9. The smallest absolute Gasteiger partial charge is 0.235 e. The molecule has 8 heteroatoms. The zero-order chi connectivity index (χ0) is 13.7. The van der Waals surface area contributed by atoms with E-state index in [9.17, 15) is 8.42 Å². The second-order valence-corrected chi connectivity index (χ2v) is 6.65. The zero-order valence-electron chi connectivity index (χ0n) is 10.5. The molecule has 0 radical (unpaired) electrons. The van der Waals surface area contributed by atoms with E-state index < -0.39 is 10.0 Å². The van der Waals surface area contributed by atoms with Crippen molar-refractivity contribution < 1.29 is 8.42 Å². The highest BCUT2D eigenvalue weighted by Crippen LogP contribution is 2.11. The Balaban J connectivity index is 1.85. The molecule has 0 unspecified atom stereocenters. The molecule has 0 atom stereocenters. The van der Waals surface area contributed by atoms with Crippen molar-refractivity contribution in [3.05, 3.63) is 23.4 Å². The van der Waals surface area contributed by atoms with Crippen LogP contribution in [0.1, 0.15) is 0 Å². The molecule has 0 aromatic carbocycles. The molecule has 1 aromatic rings. The Morgan fingerprint density at radius 3 is 2.74 bits per heavy atom. The Hall–Kier alpha value is -0.890. The Labute approximate surface area is 118 Å². The molecular formula is C11H17ClN4O2S. The molecule has 6 nitrogen and oxygen atoms in total. The van der Waals surface area contributed by atoms with Crippen molar-refractivity contribution in [2.45, 2.75) is 0 Å². The Morgan fingerprint density at radius 1 is 1.37 bits per heavy atom. The fraction of sp³-hybridized carbons (Fsp3) is 0.545. The van der Waals surface area contributed by atoms with Crippen molar-refractivity contribution >= 4 is 27.4 Å². The van der Waals surface area contributed by atoms with Gasteiger partial charge in [0.05, 0.1) is 10.8 Å². The van der Waals surface area contributed by atoms with Gasteiger partial charge in [0.2, 0.25) is 10.0 Å². The maximum absolute atomic E-state index is 11.9. The van der Waals surface area contributed by atoms with E-state index in [1.807, 2.05) is 0 Å². The lowest BCUT2D eigenvalue weighted by atomic mass is 10.4. The number of hydrogen-bond acceptors (Lipinski definition) is 5. The van der Waals surface area contributed by atoms with Crippen LogP contribution in [-0.4, -0.2) is 56.8 Å². The van der Waals surface area contributed by atoms with E-state index in [4.69, 9.17) is 11.6 Å². The lowest BCUT2D eigenvalue weighted by Gasteiger charge is -2.26. The van der Waals surface area contributed by atoms with Crippen LogP contribution < -0.4 is 10.0 Å². The molecule has 2 N–H and O–H groups in total. The van der Waals surface area contributed by atoms with Crippen LogP contribution in [0.2, 0.25) is 5.02 Å². The molecule has 19 heavy (non-hydrogen) atoms. The van der Waals surface area contributed by atoms with Gasteiger partial charge in [-0.2, -0.15) is 0 Å². The van der Waals surface area contributed by atoms with Crippen LogP contribution in [0, 0.1) is 0 Å². The van der Waals surface area contributed by atoms with Crippen LogP contribution in [0.25, 0.3) is 0 Å². The van der Waals surface area contributed by atoms with Crippen LogP contribution >= 0.6 is 11.6 Å². The number of sulfonamides is 1. The van der Waals surface area contributed by atoms with Gasteiger partial charge in [-0.25, -0.2) is 13.4 Å². The molecule has 0 saturated carbocycles. The summed E-state index contributed by atoms with van der Waals surface area (Å²) >= 11 is 5.69. The highest BCUT2D eigenvalue weighted by Gasteiger charge is 2.15. The third-order valence-electron chi connectivity index (χ3n) is 2.87. The van der Waals surface area contributed by atoms with E-state index in [0.29, 0.717) is 17.4 Å². The number of halogens is 1. The number of piperazine rings is 1. The topological polar surface area (TPSA) is 74.3 Å². The first kappa shape index (κ1) is 14.5. The van der Waals surface area contributed by atoms with Crippen LogP contribution in [0.4, 0.5) is 5.82 Å². The minimum atomic E-state index is -3.36. The van der Waals surface area contributed by atoms with Crippen LogP contribution in [0.15, 0.2) is 18.3 Å². The molecule has 1 saturated heterocycles. The largest absolute Gasteiger partial charge is 0.314 e. The quantitative estimate of drug-likeness (QED) is 0.823. The molecule has 2 heterocycles. The number of hydrogen-bond donors (Lipinski definition) is 2. The summed E-state index contributed by atoms with van der Waals surface area (Å²) in [7, 11) is -3.36. The molecule has 1 aliphatic rings. The lowest BCUT2D eigenvalue weighted by molar-refractivity contribution is 0.254. The second kappa shape index (κ2) is 6.51. The molecule has 0 bridgehead atoms. The van der Waals surface area contributed by atoms with E-state index in [-0.39, 0.29) is 5.75 Å². The van der Waals surface area contributed by atoms with Gasteiger partial charge in [0.15, 0.2) is 0 Å². The average Bonchev–Trinajstić information content (AvgIpc) is 2.40. The maximum Gasteiger partial charge on any atom is 0.235 e. The van der Waals surface area contributed by atoms with Gasteiger partial charge in [-0.1, -0.05) is 11.6 Å². The third kappa shape index (κ3) is 4.94. The first-order valence-electron chi connectivity index (χ1n) is 6.10. The third-order valence-corrected chi connectivity index (χ3v) is 4.34. The lowest BCUT2D eigenvalue weighted by Crippen LogP contribution is -2.45. The van der Waals surface area contributed by atoms with Gasteiger partial charge in [0.25, 0.3) is 0 Å². The molecular weight excluding hydrogens is 288 g/mol. The Morgan fingerprint density at radius 2 is 2.11 bits per heavy atom. The molecule has 2 rings (SSSR count). The molecule has 0 amide bonds. The minimum Gasteiger partial charge on any atom is -0.314 e. The van der Waals surface area contributed by atoms with Gasteiger partial charge in [0, 0.05) is 38.9 Å². The molecule has 1 aliphatic heterocycles. The van der Waals surface area contributed by atoms with E-state index in [1.54, 1.807) is 12.1 Å². The van der Waals surface area contributed by atoms with E-state index in [0.717, 1.165) is 26.2 Å². The highest BCUT2D eigenvalue weighted by molar-refractivity contribution is 7.92. The predicted molar refractivity (Wildman–Crippen MR) is 76.0 cm³/mol. The predicted octanol–water partition coefficient (Wildman–Crippen LogP) is 0.382. The molecule has 106 valence electrons. The summed E-state index contributed by atoms with van der Waals surface area (Å²) in [5.41, 5.74) is 0. The van der Waals surface area contributed by atoms with Crippen LogP contribution in [-0.2, 0) is 10.0 Å². The van der Waals surface area contributed by atoms with Crippen LogP contribution in [0.5, 0.6) is 0 Å². The van der Waals surface area contributed by atoms with Crippen LogP contribution in [0.3, 0.4) is 0 Å². The van der Waals surface area contributed by atoms with E-state index in [2.05, 4.69) is 19.9 Å². The van der Waals surface area contributed by atoms with Gasteiger partial charge < -0.3 is 5.32 Å². The number of aromatic nitrogens is 1. The summed E-state index contributed by atoms with van der Waals surface area (Å²) in [6.45, 7) is 4.12. The SMILES string of the molecule is O=S(=O)(CCN1CCNCC1)Nc1ccc(Cl)cn1. The van der Waals surface area contributed by atoms with Crippen molar-refractivity contribution in [2.24, 2.45) is 0 Å². The van der Waals surface area contributed by atoms with Crippen molar-refractivity contribution in [1.29, 1.82) is 0 Å². The number of rotatable bonds is 5. The van der Waals surface area contributed by atoms with Crippen molar-refractivity contribution in [1.82, 2.24) is 15.2 Å². The summed E-state index contributed by atoms with van der Waals surface area (Å²) in [4.78, 5) is 6.04. The highest BCUT2D eigenvalue weighted by atomic mass is 35.5. The zero-order valence-corrected chi connectivity index (χ0v) is 12.0. The van der Waals surface area contributed by atoms with Crippen molar-refractivity contribution in [3.8, 4) is 0 Å². The van der Waals surface area contributed by atoms with Crippen molar-refractivity contribution in [2.75, 3.05) is 43.2 Å². The van der Waals surface area contributed by atoms with Gasteiger partial charge in [-0.3, -0.25) is 9.62 Å². The first-order valence-corrected chi connectivity index (χ1v) is 8.13. The fourth-order valence-electron chi connectivity index (χ4n) is 1.83. The monoisotopic (exact) mass is 304 g/mol. The Bertz CT molecular complexity index is 500. The van der Waals surface area contributed by atoms with Gasteiger partial charge in [-0.05, 0) is 12.1 Å². The summed E-state index contributed by atoms with van der Waals surface area (Å²) in [6.07, 6.45) is 1.41. The fourth-order valence-corrected chi connectivity index (χ4v) is 2.98. The summed E-state index contributed by atoms with van der Waals surface area (Å²) in [5.74, 6) is 0.363. The molecule has 1 fully saturated rings. The minimum absolute atomic E-state index is 0.0668. The van der Waals surface area contributed by atoms with Crippen molar-refractivity contribution in [3.63, 3.8) is 0 Å². The number of anilines is 1. The molecule has 0 aliphatic carbocycles. The standard InChI is InChI=1S/C11H17ClN4O2S/c12-10-1-2-11(14-9-10)15-19(17,18)8-7-16-5-3-13-4-6-16/h1-2,9,13H,3-8H2,(H,14,15). The van der Waals surface area contributed by atoms with E-state index in [1.165, 1.54) is 6.20 Å². The number of pyridine rings is 1. The Kier molecular flexibility index (Phi) is 4.98. The second-order valence-electron chi connectivity index (χ2n) is 4.37. The number of nitrogens with one attached hydrogen (secondary N) is 2. The van der Waals surface area contributed by atoms with Gasteiger partial charge >= 0.3 is 0 Å². The summed E-state index contributed by atoms with van der Waals surface area (Å²) < 4.78 is 26.2. The van der Waals surface area contributed by atoms with Gasteiger partial charge in [0.1, 0.15) is 5.82 Å². The summed E-state index contributed by atoms with van der Waals surface area (Å²) in [6, 6.07) is 3.15.